The van der Waals surface area contributed by atoms with E-state index in [0.717, 1.165) is 0 Å². The highest BCUT2D eigenvalue weighted by atomic mass is 35.5. The van der Waals surface area contributed by atoms with Crippen LogP contribution in [0.5, 0.6) is 5.75 Å². The molecule has 1 atom stereocenters. The molecule has 0 heterocycles. The first kappa shape index (κ1) is 24.7. The van der Waals surface area contributed by atoms with E-state index in [1.54, 1.807) is 38.1 Å². The van der Waals surface area contributed by atoms with Gasteiger partial charge < -0.3 is 20.1 Å². The molecule has 2 amide bonds. The maximum atomic E-state index is 12.5. The number of nitrogens with one attached hydrogen (secondary N) is 2. The van der Waals surface area contributed by atoms with Gasteiger partial charge in [0.2, 0.25) is 0 Å². The van der Waals surface area contributed by atoms with E-state index in [9.17, 15) is 14.4 Å². The first-order chi connectivity index (χ1) is 15.2. The van der Waals surface area contributed by atoms with Crippen LogP contribution in [0.15, 0.2) is 42.5 Å². The van der Waals surface area contributed by atoms with Crippen molar-refractivity contribution in [3.8, 4) is 11.8 Å². The Hall–Kier alpha value is -3.57. The lowest BCUT2D eigenvalue weighted by Gasteiger charge is -2.21. The molecule has 0 spiro atoms. The molecule has 32 heavy (non-hydrogen) atoms. The summed E-state index contributed by atoms with van der Waals surface area (Å²) in [6, 6.07) is 11.9. The summed E-state index contributed by atoms with van der Waals surface area (Å²) in [5.74, 6) is -1.39. The number of hydrogen-bond donors (Lipinski definition) is 2. The van der Waals surface area contributed by atoms with Crippen molar-refractivity contribution in [3.63, 3.8) is 0 Å². The molecule has 0 radical (unpaired) electrons. The molecule has 0 aliphatic carbocycles. The Morgan fingerprint density at radius 2 is 1.81 bits per heavy atom. The number of carbonyl (C=O) groups is 3. The predicted octanol–water partition coefficient (Wildman–Crippen LogP) is 3.55. The first-order valence-electron chi connectivity index (χ1n) is 9.95. The Morgan fingerprint density at radius 1 is 1.12 bits per heavy atom. The van der Waals surface area contributed by atoms with Crippen molar-refractivity contribution in [1.82, 2.24) is 5.32 Å². The van der Waals surface area contributed by atoms with Crippen LogP contribution in [0.1, 0.15) is 36.7 Å². The van der Waals surface area contributed by atoms with Crippen LogP contribution in [-0.2, 0) is 14.3 Å². The van der Waals surface area contributed by atoms with Crippen molar-refractivity contribution in [3.05, 3.63) is 58.6 Å². The van der Waals surface area contributed by atoms with E-state index in [1.807, 2.05) is 13.0 Å². The molecule has 8 nitrogen and oxygen atoms in total. The number of carbonyl (C=O) groups excluding carboxylic acids is 3. The number of esters is 1. The molecule has 0 aromatic heterocycles. The molecule has 0 aliphatic rings. The smallest absolute Gasteiger partial charge is 0.329 e. The average Bonchev–Trinajstić information content (AvgIpc) is 2.76. The molecule has 0 saturated heterocycles. The number of amides is 2. The van der Waals surface area contributed by atoms with Crippen LogP contribution in [0.3, 0.4) is 0 Å². The van der Waals surface area contributed by atoms with E-state index in [2.05, 4.69) is 10.6 Å². The largest absolute Gasteiger partial charge is 0.494 e. The van der Waals surface area contributed by atoms with Crippen molar-refractivity contribution in [1.29, 1.82) is 5.26 Å². The molecule has 2 rings (SSSR count). The Balaban J connectivity index is 1.93. The lowest BCUT2D eigenvalue weighted by Crippen LogP contribution is -2.45. The number of hydrogen-bond acceptors (Lipinski definition) is 6. The van der Waals surface area contributed by atoms with E-state index in [1.165, 1.54) is 18.2 Å². The van der Waals surface area contributed by atoms with Crippen molar-refractivity contribution < 1.29 is 23.9 Å². The van der Waals surface area contributed by atoms with Gasteiger partial charge in [-0.25, -0.2) is 4.79 Å². The van der Waals surface area contributed by atoms with E-state index in [4.69, 9.17) is 26.3 Å². The third-order valence-electron chi connectivity index (χ3n) is 4.35. The zero-order valence-electron chi connectivity index (χ0n) is 18.0. The summed E-state index contributed by atoms with van der Waals surface area (Å²) in [5.41, 5.74) is 1.00. The summed E-state index contributed by atoms with van der Waals surface area (Å²) in [4.78, 5) is 37.1. The summed E-state index contributed by atoms with van der Waals surface area (Å²) in [6.45, 7) is 5.34. The zero-order chi connectivity index (χ0) is 23.7. The maximum Gasteiger partial charge on any atom is 0.329 e. The SMILES string of the molecule is CCOc1ccc(C(=O)NC(C(=O)OCC(=O)Nc2ccc(C#N)c(Cl)c2)C(C)C)cc1. The summed E-state index contributed by atoms with van der Waals surface area (Å²) in [5, 5.41) is 14.3. The summed E-state index contributed by atoms with van der Waals surface area (Å²) < 4.78 is 10.4. The fourth-order valence-corrected chi connectivity index (χ4v) is 2.92. The Morgan fingerprint density at radius 3 is 2.38 bits per heavy atom. The van der Waals surface area contributed by atoms with Crippen molar-refractivity contribution in [2.75, 3.05) is 18.5 Å². The first-order valence-corrected chi connectivity index (χ1v) is 10.3. The van der Waals surface area contributed by atoms with Crippen LogP contribution < -0.4 is 15.4 Å². The van der Waals surface area contributed by atoms with Crippen molar-refractivity contribution >= 4 is 35.1 Å². The van der Waals surface area contributed by atoms with E-state index in [0.29, 0.717) is 23.6 Å². The number of anilines is 1. The van der Waals surface area contributed by atoms with Gasteiger partial charge >= 0.3 is 5.97 Å². The molecular weight excluding hydrogens is 434 g/mol. The van der Waals surface area contributed by atoms with Gasteiger partial charge in [0.25, 0.3) is 11.8 Å². The van der Waals surface area contributed by atoms with Gasteiger partial charge in [0, 0.05) is 11.3 Å². The normalized spacial score (nSPS) is 11.2. The fraction of sp³-hybridized carbons (Fsp3) is 0.304. The Kier molecular flexibility index (Phi) is 9.05. The van der Waals surface area contributed by atoms with Crippen molar-refractivity contribution in [2.45, 2.75) is 26.8 Å². The van der Waals surface area contributed by atoms with E-state index in [-0.39, 0.29) is 16.5 Å². The number of rotatable bonds is 9. The van der Waals surface area contributed by atoms with Crippen LogP contribution in [0.25, 0.3) is 0 Å². The minimum atomic E-state index is -0.939. The van der Waals surface area contributed by atoms with Gasteiger partial charge in [0.05, 0.1) is 17.2 Å². The molecule has 168 valence electrons. The second-order valence-corrected chi connectivity index (χ2v) is 7.52. The molecule has 2 aromatic rings. The molecule has 2 N–H and O–H groups in total. The zero-order valence-corrected chi connectivity index (χ0v) is 18.7. The van der Waals surface area contributed by atoms with Crippen LogP contribution in [0.2, 0.25) is 5.02 Å². The Labute approximate surface area is 191 Å². The highest BCUT2D eigenvalue weighted by molar-refractivity contribution is 6.32. The van der Waals surface area contributed by atoms with Crippen LogP contribution >= 0.6 is 11.6 Å². The van der Waals surface area contributed by atoms with Gasteiger partial charge in [-0.05, 0) is 55.3 Å². The monoisotopic (exact) mass is 457 g/mol. The van der Waals surface area contributed by atoms with Gasteiger partial charge in [-0.2, -0.15) is 5.26 Å². The minimum Gasteiger partial charge on any atom is -0.494 e. The van der Waals surface area contributed by atoms with Crippen LogP contribution in [0, 0.1) is 17.2 Å². The quantitative estimate of drug-likeness (QED) is 0.556. The molecular formula is C23H24ClN3O5. The van der Waals surface area contributed by atoms with Gasteiger partial charge in [0.15, 0.2) is 6.61 Å². The molecule has 9 heteroatoms. The molecule has 2 aromatic carbocycles. The molecule has 0 aliphatic heterocycles. The topological polar surface area (TPSA) is 118 Å². The number of nitrogens with zero attached hydrogens (tertiary/aromatic N) is 1. The van der Waals surface area contributed by atoms with Crippen LogP contribution in [-0.4, -0.2) is 37.0 Å². The number of benzene rings is 2. The minimum absolute atomic E-state index is 0.194. The maximum absolute atomic E-state index is 12.5. The Bertz CT molecular complexity index is 1020. The average molecular weight is 458 g/mol. The summed E-state index contributed by atoms with van der Waals surface area (Å²) >= 11 is 5.93. The lowest BCUT2D eigenvalue weighted by atomic mass is 10.0. The van der Waals surface area contributed by atoms with Gasteiger partial charge in [-0.1, -0.05) is 25.4 Å². The number of halogens is 1. The molecule has 0 fully saturated rings. The third-order valence-corrected chi connectivity index (χ3v) is 4.67. The van der Waals surface area contributed by atoms with Crippen LogP contribution in [0.4, 0.5) is 5.69 Å². The third kappa shape index (κ3) is 7.00. The molecule has 0 bridgehead atoms. The fourth-order valence-electron chi connectivity index (χ4n) is 2.70. The molecule has 1 unspecified atom stereocenters. The van der Waals surface area contributed by atoms with Gasteiger partial charge in [-0.15, -0.1) is 0 Å². The second kappa shape index (κ2) is 11.7. The van der Waals surface area contributed by atoms with E-state index < -0.39 is 30.4 Å². The standard InChI is InChI=1S/C23H24ClN3O5/c1-4-31-18-9-6-15(7-10-18)22(29)27-21(14(2)3)23(30)32-13-20(28)26-17-8-5-16(12-25)19(24)11-17/h5-11,14,21H,4,13H2,1-3H3,(H,26,28)(H,27,29). The van der Waals surface area contributed by atoms with Gasteiger partial charge in [0.1, 0.15) is 17.9 Å². The van der Waals surface area contributed by atoms with E-state index >= 15 is 0 Å². The molecule has 0 saturated carbocycles. The summed E-state index contributed by atoms with van der Waals surface area (Å²) in [6.07, 6.45) is 0. The highest BCUT2D eigenvalue weighted by Gasteiger charge is 2.27. The number of ether oxygens (including phenoxy) is 2. The predicted molar refractivity (Wildman–Crippen MR) is 119 cm³/mol. The highest BCUT2D eigenvalue weighted by Crippen LogP contribution is 2.20. The lowest BCUT2D eigenvalue weighted by molar-refractivity contribution is -0.150. The van der Waals surface area contributed by atoms with Gasteiger partial charge in [-0.3, -0.25) is 9.59 Å². The summed E-state index contributed by atoms with van der Waals surface area (Å²) in [7, 11) is 0. The second-order valence-electron chi connectivity index (χ2n) is 7.11. The number of nitriles is 1. The van der Waals surface area contributed by atoms with Crippen molar-refractivity contribution in [2.24, 2.45) is 5.92 Å².